The maximum atomic E-state index is 14.1. The van der Waals surface area contributed by atoms with Crippen molar-refractivity contribution in [2.75, 3.05) is 5.32 Å². The summed E-state index contributed by atoms with van der Waals surface area (Å²) >= 11 is 0. The number of benzene rings is 1. The first-order valence-corrected chi connectivity index (χ1v) is 7.92. The second-order valence-electron chi connectivity index (χ2n) is 5.81. The van der Waals surface area contributed by atoms with E-state index >= 15 is 0 Å². The number of anilines is 1. The van der Waals surface area contributed by atoms with Gasteiger partial charge >= 0.3 is 0 Å². The van der Waals surface area contributed by atoms with E-state index in [1.807, 2.05) is 26.0 Å². The van der Waals surface area contributed by atoms with E-state index in [0.717, 1.165) is 11.5 Å². The highest BCUT2D eigenvalue weighted by Gasteiger charge is 2.15. The SMILES string of the molecule is Cc1ccc(C(C)Nc2ccc3nnc(-c4ccccc4F)n3n2)o1. The summed E-state index contributed by atoms with van der Waals surface area (Å²) in [6.07, 6.45) is 0. The largest absolute Gasteiger partial charge is 0.464 e. The van der Waals surface area contributed by atoms with Crippen molar-refractivity contribution in [1.82, 2.24) is 19.8 Å². The van der Waals surface area contributed by atoms with Gasteiger partial charge in [-0.3, -0.25) is 0 Å². The molecule has 3 heterocycles. The van der Waals surface area contributed by atoms with Crippen LogP contribution in [0.5, 0.6) is 0 Å². The van der Waals surface area contributed by atoms with Crippen molar-refractivity contribution in [1.29, 1.82) is 0 Å². The number of nitrogens with zero attached hydrogens (tertiary/aromatic N) is 4. The minimum Gasteiger partial charge on any atom is -0.464 e. The molecule has 0 bridgehead atoms. The lowest BCUT2D eigenvalue weighted by Crippen LogP contribution is -2.09. The second-order valence-corrected chi connectivity index (χ2v) is 5.81. The average Bonchev–Trinajstić information content (AvgIpc) is 3.21. The first kappa shape index (κ1) is 15.3. The van der Waals surface area contributed by atoms with Gasteiger partial charge in [-0.2, -0.15) is 4.52 Å². The van der Waals surface area contributed by atoms with Gasteiger partial charge in [-0.25, -0.2) is 4.39 Å². The molecule has 7 heteroatoms. The van der Waals surface area contributed by atoms with Crippen LogP contribution in [-0.2, 0) is 0 Å². The highest BCUT2D eigenvalue weighted by Crippen LogP contribution is 2.23. The van der Waals surface area contributed by atoms with Gasteiger partial charge in [-0.1, -0.05) is 12.1 Å². The van der Waals surface area contributed by atoms with Gasteiger partial charge in [0.1, 0.15) is 23.2 Å². The van der Waals surface area contributed by atoms with E-state index in [4.69, 9.17) is 4.42 Å². The fraction of sp³-hybridized carbons (Fsp3) is 0.167. The van der Waals surface area contributed by atoms with Gasteiger partial charge in [0.05, 0.1) is 11.6 Å². The third-order valence-corrected chi connectivity index (χ3v) is 3.93. The van der Waals surface area contributed by atoms with Crippen LogP contribution in [0.3, 0.4) is 0 Å². The number of hydrogen-bond donors (Lipinski definition) is 1. The molecule has 0 fully saturated rings. The van der Waals surface area contributed by atoms with Gasteiger partial charge in [0, 0.05) is 0 Å². The average molecular weight is 337 g/mol. The van der Waals surface area contributed by atoms with Gasteiger partial charge in [0.25, 0.3) is 0 Å². The van der Waals surface area contributed by atoms with Crippen molar-refractivity contribution >= 4 is 11.5 Å². The molecule has 6 nitrogen and oxygen atoms in total. The molecular formula is C18H16FN5O. The molecule has 126 valence electrons. The van der Waals surface area contributed by atoms with Gasteiger partial charge in [0.2, 0.25) is 0 Å². The quantitative estimate of drug-likeness (QED) is 0.609. The van der Waals surface area contributed by atoms with Crippen molar-refractivity contribution in [3.05, 3.63) is 65.9 Å². The van der Waals surface area contributed by atoms with Gasteiger partial charge < -0.3 is 9.73 Å². The summed E-state index contributed by atoms with van der Waals surface area (Å²) < 4.78 is 21.2. The Morgan fingerprint density at radius 3 is 2.68 bits per heavy atom. The Labute approximate surface area is 143 Å². The molecule has 25 heavy (non-hydrogen) atoms. The standard InChI is InChI=1S/C18H16FN5O/c1-11-7-8-15(25-11)12(2)20-16-9-10-17-21-22-18(24(17)23-16)13-5-3-4-6-14(13)19/h3-10,12H,1-2H3,(H,20,23). The summed E-state index contributed by atoms with van der Waals surface area (Å²) in [5.74, 6) is 2.28. The summed E-state index contributed by atoms with van der Waals surface area (Å²) in [6.45, 7) is 3.88. The number of nitrogens with one attached hydrogen (secondary N) is 1. The van der Waals surface area contributed by atoms with E-state index in [1.165, 1.54) is 10.6 Å². The molecule has 0 aliphatic heterocycles. The number of aromatic nitrogens is 4. The molecular weight excluding hydrogens is 321 g/mol. The maximum Gasteiger partial charge on any atom is 0.188 e. The normalized spacial score (nSPS) is 12.4. The maximum absolute atomic E-state index is 14.1. The highest BCUT2D eigenvalue weighted by molar-refractivity contribution is 5.60. The van der Waals surface area contributed by atoms with Crippen molar-refractivity contribution in [2.45, 2.75) is 19.9 Å². The summed E-state index contributed by atoms with van der Waals surface area (Å²) in [4.78, 5) is 0. The summed E-state index contributed by atoms with van der Waals surface area (Å²) in [6, 6.07) is 13.8. The molecule has 1 unspecified atom stereocenters. The van der Waals surface area contributed by atoms with E-state index in [2.05, 4.69) is 20.6 Å². The van der Waals surface area contributed by atoms with Crippen LogP contribution in [0.1, 0.15) is 24.5 Å². The molecule has 0 aliphatic rings. The lowest BCUT2D eigenvalue weighted by atomic mass is 10.2. The molecule has 4 rings (SSSR count). The Morgan fingerprint density at radius 2 is 1.92 bits per heavy atom. The number of halogens is 1. The molecule has 1 aromatic carbocycles. The predicted octanol–water partition coefficient (Wildman–Crippen LogP) is 4.00. The van der Waals surface area contributed by atoms with Crippen LogP contribution in [-0.4, -0.2) is 19.8 Å². The number of fused-ring (bicyclic) bond motifs is 1. The molecule has 0 saturated heterocycles. The van der Waals surface area contributed by atoms with E-state index in [0.29, 0.717) is 22.9 Å². The smallest absolute Gasteiger partial charge is 0.188 e. The van der Waals surface area contributed by atoms with Crippen LogP contribution in [0, 0.1) is 12.7 Å². The van der Waals surface area contributed by atoms with Gasteiger partial charge in [-0.15, -0.1) is 15.3 Å². The van der Waals surface area contributed by atoms with Crippen molar-refractivity contribution in [3.63, 3.8) is 0 Å². The Bertz CT molecular complexity index is 1040. The Morgan fingerprint density at radius 1 is 1.08 bits per heavy atom. The number of hydrogen-bond acceptors (Lipinski definition) is 5. The van der Waals surface area contributed by atoms with Crippen molar-refractivity contribution < 1.29 is 8.81 Å². The van der Waals surface area contributed by atoms with E-state index in [9.17, 15) is 4.39 Å². The van der Waals surface area contributed by atoms with Crippen LogP contribution in [0.2, 0.25) is 0 Å². The monoisotopic (exact) mass is 337 g/mol. The Balaban J connectivity index is 1.70. The molecule has 4 aromatic rings. The van der Waals surface area contributed by atoms with Crippen LogP contribution in [0.25, 0.3) is 17.0 Å². The summed E-state index contributed by atoms with van der Waals surface area (Å²) in [5, 5.41) is 15.9. The Hall–Kier alpha value is -3.22. The van der Waals surface area contributed by atoms with Crippen LogP contribution in [0.15, 0.2) is 52.9 Å². The molecule has 0 amide bonds. The molecule has 1 atom stereocenters. The zero-order chi connectivity index (χ0) is 17.4. The lowest BCUT2D eigenvalue weighted by Gasteiger charge is -2.12. The zero-order valence-corrected chi connectivity index (χ0v) is 13.8. The van der Waals surface area contributed by atoms with Crippen LogP contribution >= 0.6 is 0 Å². The molecule has 0 saturated carbocycles. The number of aryl methyl sites for hydroxylation is 1. The third kappa shape index (κ3) is 2.84. The number of rotatable bonds is 4. The Kier molecular flexibility index (Phi) is 3.68. The summed E-state index contributed by atoms with van der Waals surface area (Å²) in [7, 11) is 0. The first-order valence-electron chi connectivity index (χ1n) is 7.92. The van der Waals surface area contributed by atoms with Crippen LogP contribution in [0.4, 0.5) is 10.2 Å². The van der Waals surface area contributed by atoms with E-state index in [1.54, 1.807) is 30.3 Å². The van der Waals surface area contributed by atoms with Crippen molar-refractivity contribution in [3.8, 4) is 11.4 Å². The van der Waals surface area contributed by atoms with E-state index < -0.39 is 0 Å². The molecule has 0 radical (unpaired) electrons. The fourth-order valence-corrected chi connectivity index (χ4v) is 2.66. The molecule has 3 aromatic heterocycles. The van der Waals surface area contributed by atoms with Crippen LogP contribution < -0.4 is 5.32 Å². The first-order chi connectivity index (χ1) is 12.1. The molecule has 0 spiro atoms. The third-order valence-electron chi connectivity index (χ3n) is 3.93. The fourth-order valence-electron chi connectivity index (χ4n) is 2.66. The molecule has 0 aliphatic carbocycles. The minimum absolute atomic E-state index is 0.0629. The summed E-state index contributed by atoms with van der Waals surface area (Å²) in [5.41, 5.74) is 0.902. The van der Waals surface area contributed by atoms with E-state index in [-0.39, 0.29) is 11.9 Å². The van der Waals surface area contributed by atoms with Gasteiger partial charge in [-0.05, 0) is 50.2 Å². The minimum atomic E-state index is -0.364. The lowest BCUT2D eigenvalue weighted by molar-refractivity contribution is 0.466. The van der Waals surface area contributed by atoms with Crippen molar-refractivity contribution in [2.24, 2.45) is 0 Å². The van der Waals surface area contributed by atoms with Gasteiger partial charge in [0.15, 0.2) is 11.5 Å². The second kappa shape index (κ2) is 6.01. The highest BCUT2D eigenvalue weighted by atomic mass is 19.1. The number of furan rings is 1. The molecule has 1 N–H and O–H groups in total. The predicted molar refractivity (Wildman–Crippen MR) is 91.7 cm³/mol. The zero-order valence-electron chi connectivity index (χ0n) is 13.8. The topological polar surface area (TPSA) is 68.2 Å².